The summed E-state index contributed by atoms with van der Waals surface area (Å²) >= 11 is 0. The topological polar surface area (TPSA) is 197 Å². The lowest BCUT2D eigenvalue weighted by Crippen LogP contribution is -2.86. The van der Waals surface area contributed by atoms with E-state index in [1.807, 2.05) is 0 Å². The molecule has 0 bridgehead atoms. The van der Waals surface area contributed by atoms with Gasteiger partial charge in [-0.25, -0.2) is 0 Å². The largest absolute Gasteiger partial charge is 0.393 e. The number of hydrogen-bond donors (Lipinski definition) is 7. The minimum atomic E-state index is -2.30. The SMILES string of the molecule is COC[C@H](COC1(C)O[C@](C)(COC2(C)O[C@](C)(CO)C(C)(O)[C@](C)(O)[C@@]2(C)O)C(C)(O)[C@](C)(O)[C@@]1(C)O)OC. The second kappa shape index (κ2) is 10.3. The monoisotopic (exact) mass is 584 g/mol. The van der Waals surface area contributed by atoms with Gasteiger partial charge in [-0.15, -0.1) is 0 Å². The second-order valence-electron chi connectivity index (χ2n) is 13.1. The van der Waals surface area contributed by atoms with Crippen LogP contribution in [0.1, 0.15) is 69.2 Å². The maximum Gasteiger partial charge on any atom is 0.198 e. The predicted octanol–water partition coefficient (Wildman–Crippen LogP) is -0.810. The molecular weight excluding hydrogens is 532 g/mol. The van der Waals surface area contributed by atoms with Gasteiger partial charge in [0.05, 0.1) is 26.4 Å². The molecule has 238 valence electrons. The maximum absolute atomic E-state index is 11.7. The number of hydrogen-bond acceptors (Lipinski definition) is 13. The third kappa shape index (κ3) is 4.57. The van der Waals surface area contributed by atoms with Crippen LogP contribution in [0.2, 0.25) is 0 Å². The fourth-order valence-electron chi connectivity index (χ4n) is 5.71. The fraction of sp³-hybridized carbons (Fsp3) is 1.00. The molecule has 0 aromatic heterocycles. The molecule has 2 saturated heterocycles. The fourth-order valence-corrected chi connectivity index (χ4v) is 5.71. The molecule has 7 N–H and O–H groups in total. The van der Waals surface area contributed by atoms with Gasteiger partial charge in [-0.05, 0) is 69.2 Å². The van der Waals surface area contributed by atoms with E-state index in [9.17, 15) is 35.7 Å². The third-order valence-electron chi connectivity index (χ3n) is 10.6. The molecular formula is C27H52O13. The van der Waals surface area contributed by atoms with E-state index in [-0.39, 0.29) is 13.2 Å². The first-order valence-corrected chi connectivity index (χ1v) is 13.3. The summed E-state index contributed by atoms with van der Waals surface area (Å²) in [6.07, 6.45) is -0.549. The summed E-state index contributed by atoms with van der Waals surface area (Å²) in [6, 6.07) is 0. The minimum absolute atomic E-state index is 0.117. The van der Waals surface area contributed by atoms with Crippen LogP contribution in [0.15, 0.2) is 0 Å². The van der Waals surface area contributed by atoms with Crippen LogP contribution in [0.4, 0.5) is 0 Å². The number of ether oxygens (including phenoxy) is 6. The zero-order chi connectivity index (χ0) is 31.6. The van der Waals surface area contributed by atoms with E-state index < -0.39 is 75.7 Å². The van der Waals surface area contributed by atoms with Crippen molar-refractivity contribution in [2.24, 2.45) is 0 Å². The molecule has 2 rings (SSSR count). The predicted molar refractivity (Wildman–Crippen MR) is 141 cm³/mol. The zero-order valence-corrected chi connectivity index (χ0v) is 26.0. The average molecular weight is 585 g/mol. The van der Waals surface area contributed by atoms with E-state index in [4.69, 9.17) is 28.4 Å². The minimum Gasteiger partial charge on any atom is -0.393 e. The molecule has 0 aromatic rings. The molecule has 0 aliphatic carbocycles. The Bertz CT molecular complexity index is 916. The lowest BCUT2D eigenvalue weighted by molar-refractivity contribution is -0.484. The summed E-state index contributed by atoms with van der Waals surface area (Å²) in [5, 5.41) is 79.2. The zero-order valence-electron chi connectivity index (χ0n) is 26.0. The van der Waals surface area contributed by atoms with Gasteiger partial charge in [0.2, 0.25) is 0 Å². The van der Waals surface area contributed by atoms with Crippen molar-refractivity contribution in [1.82, 2.24) is 0 Å². The summed E-state index contributed by atoms with van der Waals surface area (Å²) in [6.45, 7) is 11.6. The first-order valence-electron chi connectivity index (χ1n) is 13.3. The summed E-state index contributed by atoms with van der Waals surface area (Å²) in [5.74, 6) is -4.06. The van der Waals surface area contributed by atoms with E-state index in [1.54, 1.807) is 0 Å². The van der Waals surface area contributed by atoms with Crippen molar-refractivity contribution in [3.63, 3.8) is 0 Å². The van der Waals surface area contributed by atoms with Crippen molar-refractivity contribution >= 4 is 0 Å². The smallest absolute Gasteiger partial charge is 0.198 e. The highest BCUT2D eigenvalue weighted by Crippen LogP contribution is 2.57. The Labute approximate surface area is 236 Å². The Kier molecular flexibility index (Phi) is 9.18. The van der Waals surface area contributed by atoms with E-state index in [2.05, 4.69) is 0 Å². The molecule has 2 aliphatic heterocycles. The van der Waals surface area contributed by atoms with Crippen LogP contribution in [0.5, 0.6) is 0 Å². The third-order valence-corrected chi connectivity index (χ3v) is 10.6. The molecule has 4 unspecified atom stereocenters. The molecule has 13 nitrogen and oxygen atoms in total. The number of aliphatic hydroxyl groups excluding tert-OH is 1. The molecule has 0 spiro atoms. The van der Waals surface area contributed by atoms with Crippen LogP contribution >= 0.6 is 0 Å². The van der Waals surface area contributed by atoms with Crippen LogP contribution in [-0.4, -0.2) is 139 Å². The van der Waals surface area contributed by atoms with Gasteiger partial charge in [0.1, 0.15) is 50.9 Å². The summed E-state index contributed by atoms with van der Waals surface area (Å²) in [5.41, 5.74) is -17.1. The highest BCUT2D eigenvalue weighted by Gasteiger charge is 2.77. The summed E-state index contributed by atoms with van der Waals surface area (Å²) in [7, 11) is 2.94. The molecule has 0 aromatic carbocycles. The quantitative estimate of drug-likeness (QED) is 0.168. The van der Waals surface area contributed by atoms with Crippen molar-refractivity contribution in [2.45, 2.75) is 132 Å². The first-order chi connectivity index (χ1) is 17.7. The molecule has 0 saturated carbocycles. The van der Waals surface area contributed by atoms with Gasteiger partial charge >= 0.3 is 0 Å². The molecule has 11 atom stereocenters. The van der Waals surface area contributed by atoms with Gasteiger partial charge in [-0.3, -0.25) is 0 Å². The van der Waals surface area contributed by atoms with Crippen molar-refractivity contribution in [2.75, 3.05) is 40.6 Å². The van der Waals surface area contributed by atoms with Crippen LogP contribution in [0.3, 0.4) is 0 Å². The lowest BCUT2D eigenvalue weighted by Gasteiger charge is -2.67. The Morgan fingerprint density at radius 1 is 0.550 bits per heavy atom. The van der Waals surface area contributed by atoms with Crippen LogP contribution in [0.25, 0.3) is 0 Å². The van der Waals surface area contributed by atoms with Crippen LogP contribution in [-0.2, 0) is 28.4 Å². The van der Waals surface area contributed by atoms with E-state index in [0.29, 0.717) is 0 Å². The molecule has 40 heavy (non-hydrogen) atoms. The van der Waals surface area contributed by atoms with Crippen molar-refractivity contribution in [3.05, 3.63) is 0 Å². The number of methoxy groups -OCH3 is 2. The summed E-state index contributed by atoms with van der Waals surface area (Å²) in [4.78, 5) is 0. The number of rotatable bonds is 10. The normalized spacial score (nSPS) is 54.4. The van der Waals surface area contributed by atoms with Gasteiger partial charge in [0.25, 0.3) is 0 Å². The van der Waals surface area contributed by atoms with Crippen LogP contribution in [0, 0.1) is 0 Å². The van der Waals surface area contributed by atoms with E-state index in [0.717, 1.165) is 0 Å². The average Bonchev–Trinajstić information content (AvgIpc) is 2.83. The Morgan fingerprint density at radius 2 is 0.950 bits per heavy atom. The van der Waals surface area contributed by atoms with E-state index in [1.165, 1.54) is 83.5 Å². The van der Waals surface area contributed by atoms with E-state index >= 15 is 0 Å². The molecule has 0 amide bonds. The van der Waals surface area contributed by atoms with Gasteiger partial charge in [0.15, 0.2) is 11.6 Å². The maximum atomic E-state index is 11.7. The Hall–Kier alpha value is -0.520. The molecule has 13 heteroatoms. The Balaban J connectivity index is 2.55. The Morgan fingerprint density at radius 3 is 1.35 bits per heavy atom. The van der Waals surface area contributed by atoms with Crippen molar-refractivity contribution in [3.8, 4) is 0 Å². The number of aliphatic hydroxyl groups is 7. The highest BCUT2D eigenvalue weighted by molar-refractivity contribution is 5.24. The van der Waals surface area contributed by atoms with Crippen molar-refractivity contribution in [1.29, 1.82) is 0 Å². The molecule has 2 heterocycles. The summed E-state index contributed by atoms with van der Waals surface area (Å²) < 4.78 is 34.8. The standard InChI is InChI=1S/C27H52O13/c1-18(15-28)20(3,29)22(5,31)25(8,34)27(10,39-18)38-16-19(2)21(4,30)23(6,32)24(7,33)26(9,40-19)37-14-17(36-12)13-35-11/h17,28-34H,13-16H2,1-12H3/t17-,18-,19-,20?,21?,22+,23+,24-,25-,26?,27?/m1/s1. The van der Waals surface area contributed by atoms with Gasteiger partial charge < -0.3 is 64.2 Å². The first kappa shape index (κ1) is 35.7. The highest BCUT2D eigenvalue weighted by atomic mass is 16.8. The van der Waals surface area contributed by atoms with Gasteiger partial charge in [-0.2, -0.15) is 0 Å². The lowest BCUT2D eigenvalue weighted by atomic mass is 9.60. The van der Waals surface area contributed by atoms with Crippen molar-refractivity contribution < 1.29 is 64.2 Å². The van der Waals surface area contributed by atoms with Gasteiger partial charge in [0, 0.05) is 14.2 Å². The molecule has 2 fully saturated rings. The van der Waals surface area contributed by atoms with Gasteiger partial charge in [-0.1, -0.05) is 0 Å². The van der Waals surface area contributed by atoms with Crippen LogP contribution < -0.4 is 0 Å². The molecule has 0 radical (unpaired) electrons. The second-order valence-corrected chi connectivity index (χ2v) is 13.1. The molecule has 2 aliphatic rings.